The van der Waals surface area contributed by atoms with Crippen molar-refractivity contribution in [2.45, 2.75) is 64.3 Å². The van der Waals surface area contributed by atoms with Crippen LogP contribution in [-0.4, -0.2) is 76.5 Å². The van der Waals surface area contributed by atoms with Crippen LogP contribution in [0.25, 0.3) is 0 Å². The third-order valence-corrected chi connectivity index (χ3v) is 7.07. The molecule has 200 valence electrons. The van der Waals surface area contributed by atoms with Gasteiger partial charge in [0.2, 0.25) is 5.91 Å². The second-order valence-corrected chi connectivity index (χ2v) is 9.77. The predicted molar refractivity (Wildman–Crippen MR) is 145 cm³/mol. The molecule has 1 atom stereocenters. The SMILES string of the molecule is CCCCCN(CCCCC)C(=O)N1CCN(C(=O)C(c2ccccc2)c2ccccc2)[C@H](C(=O)O)C1. The number of rotatable bonds is 12. The highest BCUT2D eigenvalue weighted by Gasteiger charge is 2.40. The highest BCUT2D eigenvalue weighted by Crippen LogP contribution is 2.29. The number of carbonyl (C=O) groups is 3. The summed E-state index contributed by atoms with van der Waals surface area (Å²) in [5, 5.41) is 10.1. The maximum absolute atomic E-state index is 13.9. The number of amides is 3. The van der Waals surface area contributed by atoms with E-state index in [4.69, 9.17) is 0 Å². The summed E-state index contributed by atoms with van der Waals surface area (Å²) in [5.41, 5.74) is 1.64. The van der Waals surface area contributed by atoms with Gasteiger partial charge in [-0.3, -0.25) is 4.79 Å². The molecule has 3 amide bonds. The number of aliphatic carboxylic acids is 1. The summed E-state index contributed by atoms with van der Waals surface area (Å²) in [6, 6.07) is 17.7. The van der Waals surface area contributed by atoms with Crippen LogP contribution in [0.2, 0.25) is 0 Å². The molecule has 0 unspecified atom stereocenters. The number of piperazine rings is 1. The molecule has 3 rings (SSSR count). The average molecular weight is 508 g/mol. The summed E-state index contributed by atoms with van der Waals surface area (Å²) in [6.45, 7) is 6.13. The zero-order valence-corrected chi connectivity index (χ0v) is 22.2. The van der Waals surface area contributed by atoms with Gasteiger partial charge < -0.3 is 19.8 Å². The fourth-order valence-electron chi connectivity index (χ4n) is 4.97. The quantitative estimate of drug-likeness (QED) is 0.400. The van der Waals surface area contributed by atoms with Crippen LogP contribution in [0, 0.1) is 0 Å². The van der Waals surface area contributed by atoms with E-state index in [0.717, 1.165) is 49.7 Å². The summed E-state index contributed by atoms with van der Waals surface area (Å²) in [7, 11) is 0. The molecule has 1 aliphatic heterocycles. The summed E-state index contributed by atoms with van der Waals surface area (Å²) in [5.74, 6) is -1.94. The van der Waals surface area contributed by atoms with Crippen molar-refractivity contribution in [2.24, 2.45) is 0 Å². The lowest BCUT2D eigenvalue weighted by Crippen LogP contribution is -2.61. The number of carboxylic acids is 1. The molecule has 0 radical (unpaired) electrons. The van der Waals surface area contributed by atoms with Gasteiger partial charge in [-0.2, -0.15) is 0 Å². The lowest BCUT2D eigenvalue weighted by atomic mass is 9.89. The zero-order valence-electron chi connectivity index (χ0n) is 22.2. The minimum Gasteiger partial charge on any atom is -0.480 e. The van der Waals surface area contributed by atoms with Crippen LogP contribution in [0.4, 0.5) is 4.79 Å². The first-order valence-corrected chi connectivity index (χ1v) is 13.6. The van der Waals surface area contributed by atoms with Gasteiger partial charge in [-0.05, 0) is 24.0 Å². The Bertz CT molecular complexity index is 949. The van der Waals surface area contributed by atoms with Gasteiger partial charge in [0.15, 0.2) is 0 Å². The van der Waals surface area contributed by atoms with Crippen molar-refractivity contribution >= 4 is 17.9 Å². The number of hydrogen-bond acceptors (Lipinski definition) is 3. The second kappa shape index (κ2) is 14.4. The molecular formula is C30H41N3O4. The summed E-state index contributed by atoms with van der Waals surface area (Å²) < 4.78 is 0. The maximum Gasteiger partial charge on any atom is 0.328 e. The van der Waals surface area contributed by atoms with Crippen LogP contribution in [0.5, 0.6) is 0 Å². The molecule has 0 spiro atoms. The van der Waals surface area contributed by atoms with Gasteiger partial charge in [0, 0.05) is 26.2 Å². The highest BCUT2D eigenvalue weighted by atomic mass is 16.4. The minimum absolute atomic E-state index is 0.00569. The molecule has 1 heterocycles. The molecule has 1 N–H and O–H groups in total. The Morgan fingerprint density at radius 3 is 1.81 bits per heavy atom. The van der Waals surface area contributed by atoms with Gasteiger partial charge in [0.05, 0.1) is 12.5 Å². The molecule has 0 aromatic heterocycles. The fraction of sp³-hybridized carbons (Fsp3) is 0.500. The lowest BCUT2D eigenvalue weighted by molar-refractivity contribution is -0.153. The van der Waals surface area contributed by atoms with Crippen LogP contribution >= 0.6 is 0 Å². The topological polar surface area (TPSA) is 81.2 Å². The molecule has 37 heavy (non-hydrogen) atoms. The molecule has 0 aliphatic carbocycles. The van der Waals surface area contributed by atoms with Crippen molar-refractivity contribution in [3.63, 3.8) is 0 Å². The summed E-state index contributed by atoms with van der Waals surface area (Å²) >= 11 is 0. The summed E-state index contributed by atoms with van der Waals surface area (Å²) in [4.78, 5) is 44.7. The third-order valence-electron chi connectivity index (χ3n) is 7.07. The first kappa shape index (κ1) is 28.2. The second-order valence-electron chi connectivity index (χ2n) is 9.77. The molecule has 1 saturated heterocycles. The molecular weight excluding hydrogens is 466 g/mol. The van der Waals surface area contributed by atoms with E-state index in [1.54, 1.807) is 4.90 Å². The Labute approximate surface area is 221 Å². The molecule has 1 fully saturated rings. The first-order chi connectivity index (χ1) is 18.0. The fourth-order valence-corrected chi connectivity index (χ4v) is 4.97. The summed E-state index contributed by atoms with van der Waals surface area (Å²) in [6.07, 6.45) is 6.12. The largest absolute Gasteiger partial charge is 0.480 e. The lowest BCUT2D eigenvalue weighted by Gasteiger charge is -2.42. The van der Waals surface area contributed by atoms with Crippen LogP contribution < -0.4 is 0 Å². The molecule has 1 aliphatic rings. The molecule has 0 saturated carbocycles. The molecule has 7 nitrogen and oxygen atoms in total. The number of unbranched alkanes of at least 4 members (excludes halogenated alkanes) is 4. The van der Waals surface area contributed by atoms with Crippen molar-refractivity contribution in [3.8, 4) is 0 Å². The van der Waals surface area contributed by atoms with E-state index in [1.807, 2.05) is 65.6 Å². The standard InChI is InChI=1S/C30H41N3O4/c1-3-5-13-19-31(20-14-6-4-2)30(37)32-21-22-33(26(23-32)29(35)36)28(34)27(24-15-9-7-10-16-24)25-17-11-8-12-18-25/h7-12,15-18,26-27H,3-6,13-14,19-23H2,1-2H3,(H,35,36)/t26-/m0/s1. The van der Waals surface area contributed by atoms with Crippen molar-refractivity contribution in [1.82, 2.24) is 14.7 Å². The first-order valence-electron chi connectivity index (χ1n) is 13.6. The normalized spacial score (nSPS) is 15.6. The highest BCUT2D eigenvalue weighted by molar-refractivity contribution is 5.91. The number of carboxylic acid groups (broad SMARTS) is 1. The smallest absolute Gasteiger partial charge is 0.328 e. The Morgan fingerprint density at radius 1 is 0.838 bits per heavy atom. The van der Waals surface area contributed by atoms with Crippen molar-refractivity contribution in [2.75, 3.05) is 32.7 Å². The number of benzene rings is 2. The number of carbonyl (C=O) groups excluding carboxylic acids is 2. The van der Waals surface area contributed by atoms with Crippen molar-refractivity contribution in [1.29, 1.82) is 0 Å². The maximum atomic E-state index is 13.9. The van der Waals surface area contributed by atoms with Crippen LogP contribution in [0.1, 0.15) is 69.4 Å². The Kier molecular flexibility index (Phi) is 11.0. The van der Waals surface area contributed by atoms with E-state index < -0.39 is 17.9 Å². The van der Waals surface area contributed by atoms with Gasteiger partial charge in [0.25, 0.3) is 0 Å². The van der Waals surface area contributed by atoms with Gasteiger partial charge in [0.1, 0.15) is 6.04 Å². The van der Waals surface area contributed by atoms with Gasteiger partial charge >= 0.3 is 12.0 Å². The number of hydrogen-bond donors (Lipinski definition) is 1. The molecule has 7 heteroatoms. The number of nitrogens with zero attached hydrogens (tertiary/aromatic N) is 3. The van der Waals surface area contributed by atoms with E-state index in [-0.39, 0.29) is 25.0 Å². The Balaban J connectivity index is 1.80. The zero-order chi connectivity index (χ0) is 26.6. The molecule has 2 aromatic rings. The van der Waals surface area contributed by atoms with E-state index >= 15 is 0 Å². The van der Waals surface area contributed by atoms with Gasteiger partial charge in [-0.1, -0.05) is 100 Å². The van der Waals surface area contributed by atoms with Gasteiger partial charge in [-0.15, -0.1) is 0 Å². The predicted octanol–water partition coefficient (Wildman–Crippen LogP) is 5.22. The van der Waals surface area contributed by atoms with Gasteiger partial charge in [-0.25, -0.2) is 9.59 Å². The monoisotopic (exact) mass is 507 g/mol. The van der Waals surface area contributed by atoms with E-state index in [2.05, 4.69) is 13.8 Å². The Hall–Kier alpha value is -3.35. The molecule has 0 bridgehead atoms. The Morgan fingerprint density at radius 2 is 1.35 bits per heavy atom. The molecule has 2 aromatic carbocycles. The number of urea groups is 1. The van der Waals surface area contributed by atoms with E-state index in [1.165, 1.54) is 4.90 Å². The van der Waals surface area contributed by atoms with Crippen LogP contribution in [0.15, 0.2) is 60.7 Å². The average Bonchev–Trinajstić information content (AvgIpc) is 2.93. The van der Waals surface area contributed by atoms with E-state index in [9.17, 15) is 19.5 Å². The van der Waals surface area contributed by atoms with Crippen molar-refractivity contribution in [3.05, 3.63) is 71.8 Å². The van der Waals surface area contributed by atoms with Crippen molar-refractivity contribution < 1.29 is 19.5 Å². The van der Waals surface area contributed by atoms with Crippen LogP contribution in [-0.2, 0) is 9.59 Å². The van der Waals surface area contributed by atoms with Crippen LogP contribution in [0.3, 0.4) is 0 Å². The third kappa shape index (κ3) is 7.57. The van der Waals surface area contributed by atoms with E-state index in [0.29, 0.717) is 19.6 Å². The minimum atomic E-state index is -1.09.